The van der Waals surface area contributed by atoms with Crippen LogP contribution in [0.3, 0.4) is 0 Å². The largest absolute Gasteiger partial charge is 0.507 e. The van der Waals surface area contributed by atoms with Gasteiger partial charge in [0.1, 0.15) is 17.1 Å². The highest BCUT2D eigenvalue weighted by atomic mass is 19.1. The van der Waals surface area contributed by atoms with Gasteiger partial charge in [0.05, 0.1) is 0 Å². The highest BCUT2D eigenvalue weighted by Crippen LogP contribution is 2.23. The first kappa shape index (κ1) is 13.3. The Morgan fingerprint density at radius 2 is 2.21 bits per heavy atom. The molecule has 0 bridgehead atoms. The standard InChI is InChI=1S/C13H15FN2O3/c1-8(17)15-9-5-6-16(7-9)13(19)12-10(14)3-2-4-11(12)18/h2-4,9,18H,5-7H2,1H3,(H,15,17). The van der Waals surface area contributed by atoms with E-state index in [-0.39, 0.29) is 23.3 Å². The molecule has 1 aliphatic rings. The van der Waals surface area contributed by atoms with Crippen molar-refractivity contribution in [3.05, 3.63) is 29.6 Å². The normalized spacial score (nSPS) is 18.4. The average molecular weight is 266 g/mol. The summed E-state index contributed by atoms with van der Waals surface area (Å²) in [4.78, 5) is 24.5. The van der Waals surface area contributed by atoms with E-state index in [4.69, 9.17) is 0 Å². The number of amides is 2. The van der Waals surface area contributed by atoms with E-state index in [0.29, 0.717) is 19.5 Å². The maximum atomic E-state index is 13.6. The lowest BCUT2D eigenvalue weighted by Crippen LogP contribution is -2.37. The lowest BCUT2D eigenvalue weighted by atomic mass is 10.1. The lowest BCUT2D eigenvalue weighted by Gasteiger charge is -2.17. The minimum absolute atomic E-state index is 0.115. The highest BCUT2D eigenvalue weighted by Gasteiger charge is 2.30. The van der Waals surface area contributed by atoms with Gasteiger partial charge < -0.3 is 15.3 Å². The molecule has 0 spiro atoms. The topological polar surface area (TPSA) is 69.6 Å². The molecule has 19 heavy (non-hydrogen) atoms. The first-order valence-corrected chi connectivity index (χ1v) is 6.03. The van der Waals surface area contributed by atoms with Crippen molar-refractivity contribution in [3.63, 3.8) is 0 Å². The maximum absolute atomic E-state index is 13.6. The number of carbonyl (C=O) groups is 2. The van der Waals surface area contributed by atoms with Crippen LogP contribution in [0.25, 0.3) is 0 Å². The Hall–Kier alpha value is -2.11. The summed E-state index contributed by atoms with van der Waals surface area (Å²) < 4.78 is 13.6. The van der Waals surface area contributed by atoms with Crippen molar-refractivity contribution < 1.29 is 19.1 Å². The minimum atomic E-state index is -0.743. The molecule has 6 heteroatoms. The smallest absolute Gasteiger partial charge is 0.260 e. The Labute approximate surface area is 110 Å². The van der Waals surface area contributed by atoms with Gasteiger partial charge in [-0.2, -0.15) is 0 Å². The zero-order valence-corrected chi connectivity index (χ0v) is 10.5. The van der Waals surface area contributed by atoms with Crippen LogP contribution in [-0.2, 0) is 4.79 Å². The van der Waals surface area contributed by atoms with Crippen LogP contribution in [0.5, 0.6) is 5.75 Å². The molecule has 102 valence electrons. The van der Waals surface area contributed by atoms with Crippen LogP contribution in [0.4, 0.5) is 4.39 Å². The van der Waals surface area contributed by atoms with Gasteiger partial charge in [-0.3, -0.25) is 9.59 Å². The number of nitrogens with zero attached hydrogens (tertiary/aromatic N) is 1. The van der Waals surface area contributed by atoms with E-state index < -0.39 is 11.7 Å². The molecule has 1 atom stereocenters. The lowest BCUT2D eigenvalue weighted by molar-refractivity contribution is -0.119. The van der Waals surface area contributed by atoms with E-state index in [1.165, 1.54) is 24.0 Å². The monoisotopic (exact) mass is 266 g/mol. The molecule has 0 aromatic heterocycles. The zero-order valence-electron chi connectivity index (χ0n) is 10.5. The van der Waals surface area contributed by atoms with Gasteiger partial charge in [0, 0.05) is 26.1 Å². The molecule has 2 rings (SSSR count). The Morgan fingerprint density at radius 1 is 1.47 bits per heavy atom. The molecular formula is C13H15FN2O3. The number of phenolic OH excluding ortho intramolecular Hbond substituents is 1. The number of nitrogens with one attached hydrogen (secondary N) is 1. The molecule has 0 aliphatic carbocycles. The van der Waals surface area contributed by atoms with Crippen LogP contribution in [0.1, 0.15) is 23.7 Å². The fourth-order valence-corrected chi connectivity index (χ4v) is 2.23. The third kappa shape index (κ3) is 2.83. The molecule has 2 amide bonds. The molecule has 1 unspecified atom stereocenters. The number of hydrogen-bond donors (Lipinski definition) is 2. The molecule has 2 N–H and O–H groups in total. The Kier molecular flexibility index (Phi) is 3.69. The molecule has 5 nitrogen and oxygen atoms in total. The summed E-state index contributed by atoms with van der Waals surface area (Å²) in [6.45, 7) is 2.16. The van der Waals surface area contributed by atoms with E-state index in [2.05, 4.69) is 5.32 Å². The summed E-state index contributed by atoms with van der Waals surface area (Å²) in [5, 5.41) is 12.3. The quantitative estimate of drug-likeness (QED) is 0.835. The van der Waals surface area contributed by atoms with Gasteiger partial charge in [0.15, 0.2) is 0 Å². The van der Waals surface area contributed by atoms with Crippen LogP contribution < -0.4 is 5.32 Å². The van der Waals surface area contributed by atoms with Crippen LogP contribution in [0.2, 0.25) is 0 Å². The summed E-state index contributed by atoms with van der Waals surface area (Å²) in [6.07, 6.45) is 0.626. The second kappa shape index (κ2) is 5.26. The fraction of sp³-hybridized carbons (Fsp3) is 0.385. The summed E-state index contributed by atoms with van der Waals surface area (Å²) in [5.41, 5.74) is -0.314. The van der Waals surface area contributed by atoms with E-state index >= 15 is 0 Å². The second-order valence-corrected chi connectivity index (χ2v) is 4.57. The molecule has 0 radical (unpaired) electrons. The van der Waals surface area contributed by atoms with Gasteiger partial charge in [-0.05, 0) is 18.6 Å². The van der Waals surface area contributed by atoms with Gasteiger partial charge in [0.25, 0.3) is 5.91 Å². The number of halogens is 1. The van der Waals surface area contributed by atoms with E-state index in [0.717, 1.165) is 6.07 Å². The molecule has 1 aromatic carbocycles. The number of aromatic hydroxyl groups is 1. The number of carbonyl (C=O) groups excluding carboxylic acids is 2. The number of likely N-dealkylation sites (tertiary alicyclic amines) is 1. The van der Waals surface area contributed by atoms with E-state index in [9.17, 15) is 19.1 Å². The van der Waals surface area contributed by atoms with Gasteiger partial charge in [-0.15, -0.1) is 0 Å². The van der Waals surface area contributed by atoms with Crippen LogP contribution in [0.15, 0.2) is 18.2 Å². The number of rotatable bonds is 2. The second-order valence-electron chi connectivity index (χ2n) is 4.57. The molecule has 1 fully saturated rings. The summed E-state index contributed by atoms with van der Waals surface area (Å²) >= 11 is 0. The van der Waals surface area contributed by atoms with Gasteiger partial charge in [-0.1, -0.05) is 6.07 Å². The maximum Gasteiger partial charge on any atom is 0.260 e. The van der Waals surface area contributed by atoms with Gasteiger partial charge in [-0.25, -0.2) is 4.39 Å². The van der Waals surface area contributed by atoms with Crippen molar-refractivity contribution in [2.24, 2.45) is 0 Å². The fourth-order valence-electron chi connectivity index (χ4n) is 2.23. The average Bonchev–Trinajstić information content (AvgIpc) is 2.76. The molecule has 1 heterocycles. The molecule has 1 aliphatic heterocycles. The Bertz CT molecular complexity index is 498. The van der Waals surface area contributed by atoms with Crippen LogP contribution >= 0.6 is 0 Å². The van der Waals surface area contributed by atoms with Gasteiger partial charge >= 0.3 is 0 Å². The minimum Gasteiger partial charge on any atom is -0.507 e. The SMILES string of the molecule is CC(=O)NC1CCN(C(=O)c2c(O)cccc2F)C1. The summed E-state index contributed by atoms with van der Waals surface area (Å²) in [5.74, 6) is -1.82. The summed E-state index contributed by atoms with van der Waals surface area (Å²) in [6, 6.07) is 3.63. The molecular weight excluding hydrogens is 251 g/mol. The van der Waals surface area contributed by atoms with Crippen molar-refractivity contribution in [2.45, 2.75) is 19.4 Å². The van der Waals surface area contributed by atoms with Crippen molar-refractivity contribution >= 4 is 11.8 Å². The third-order valence-corrected chi connectivity index (χ3v) is 3.09. The first-order valence-electron chi connectivity index (χ1n) is 6.03. The van der Waals surface area contributed by atoms with Crippen molar-refractivity contribution in [1.82, 2.24) is 10.2 Å². The number of phenols is 1. The van der Waals surface area contributed by atoms with Crippen molar-refractivity contribution in [1.29, 1.82) is 0 Å². The van der Waals surface area contributed by atoms with Crippen LogP contribution in [-0.4, -0.2) is 41.0 Å². The molecule has 1 aromatic rings. The first-order chi connectivity index (χ1) is 8.99. The zero-order chi connectivity index (χ0) is 14.0. The van der Waals surface area contributed by atoms with E-state index in [1.807, 2.05) is 0 Å². The highest BCUT2D eigenvalue weighted by molar-refractivity contribution is 5.97. The van der Waals surface area contributed by atoms with Crippen molar-refractivity contribution in [2.75, 3.05) is 13.1 Å². The predicted octanol–water partition coefficient (Wildman–Crippen LogP) is 0.882. The third-order valence-electron chi connectivity index (χ3n) is 3.09. The Morgan fingerprint density at radius 3 is 2.84 bits per heavy atom. The van der Waals surface area contributed by atoms with Crippen molar-refractivity contribution in [3.8, 4) is 5.75 Å². The number of benzene rings is 1. The number of hydrogen-bond acceptors (Lipinski definition) is 3. The Balaban J connectivity index is 2.11. The van der Waals surface area contributed by atoms with Crippen LogP contribution in [0, 0.1) is 5.82 Å². The molecule has 1 saturated heterocycles. The van der Waals surface area contributed by atoms with Gasteiger partial charge in [0.2, 0.25) is 5.91 Å². The molecule has 0 saturated carbocycles. The predicted molar refractivity (Wildman–Crippen MR) is 66.2 cm³/mol. The summed E-state index contributed by atoms with van der Waals surface area (Å²) in [7, 11) is 0. The van der Waals surface area contributed by atoms with E-state index in [1.54, 1.807) is 0 Å².